The number of amides is 1. The Kier molecular flexibility index (Phi) is 7.45. The predicted octanol–water partition coefficient (Wildman–Crippen LogP) is 4.14. The summed E-state index contributed by atoms with van der Waals surface area (Å²) in [4.78, 5) is 30.2. The van der Waals surface area contributed by atoms with Gasteiger partial charge in [-0.3, -0.25) is 14.2 Å². The molecule has 2 aromatic carbocycles. The Balaban J connectivity index is 1.41. The maximum Gasteiger partial charge on any atom is 0.262 e. The van der Waals surface area contributed by atoms with Gasteiger partial charge in [-0.15, -0.1) is 0 Å². The molecule has 33 heavy (non-hydrogen) atoms. The van der Waals surface area contributed by atoms with E-state index in [9.17, 15) is 9.59 Å². The molecule has 0 fully saturated rings. The zero-order valence-corrected chi connectivity index (χ0v) is 20.1. The highest BCUT2D eigenvalue weighted by molar-refractivity contribution is 7.99. The van der Waals surface area contributed by atoms with Crippen molar-refractivity contribution in [2.75, 3.05) is 18.9 Å². The highest BCUT2D eigenvalue weighted by Crippen LogP contribution is 2.30. The van der Waals surface area contributed by atoms with E-state index >= 15 is 0 Å². The van der Waals surface area contributed by atoms with Crippen molar-refractivity contribution in [3.8, 4) is 11.5 Å². The third kappa shape index (κ3) is 5.81. The molecule has 1 N–H and O–H groups in total. The first-order valence-electron chi connectivity index (χ1n) is 10.9. The summed E-state index contributed by atoms with van der Waals surface area (Å²) in [7, 11) is 0. The Morgan fingerprint density at radius 1 is 1.27 bits per heavy atom. The second kappa shape index (κ2) is 10.5. The van der Waals surface area contributed by atoms with Crippen molar-refractivity contribution in [3.05, 3.63) is 57.8 Å². The normalized spacial score (nSPS) is 15.1. The molecule has 1 unspecified atom stereocenters. The number of halogens is 1. The fourth-order valence-electron chi connectivity index (χ4n) is 3.44. The van der Waals surface area contributed by atoms with Crippen LogP contribution in [0.4, 0.5) is 0 Å². The number of carbonyl (C=O) groups is 1. The van der Waals surface area contributed by atoms with Gasteiger partial charge in [0, 0.05) is 11.6 Å². The fourth-order valence-corrected chi connectivity index (χ4v) is 4.46. The summed E-state index contributed by atoms with van der Waals surface area (Å²) in [6.45, 7) is 5.45. The van der Waals surface area contributed by atoms with Crippen LogP contribution in [0.15, 0.2) is 52.4 Å². The minimum atomic E-state index is -0.265. The van der Waals surface area contributed by atoms with Crippen LogP contribution in [-0.4, -0.2) is 40.5 Å². The molecule has 1 atom stereocenters. The number of carbonyl (C=O) groups excluding carboxylic acids is 1. The van der Waals surface area contributed by atoms with Gasteiger partial charge in [0.05, 0.1) is 23.2 Å². The van der Waals surface area contributed by atoms with Crippen molar-refractivity contribution in [1.29, 1.82) is 0 Å². The maximum atomic E-state index is 13.1. The first-order chi connectivity index (χ1) is 15.9. The van der Waals surface area contributed by atoms with Crippen LogP contribution in [0.1, 0.15) is 20.3 Å². The van der Waals surface area contributed by atoms with Gasteiger partial charge in [0.1, 0.15) is 12.7 Å². The van der Waals surface area contributed by atoms with Crippen molar-refractivity contribution >= 4 is 40.2 Å². The van der Waals surface area contributed by atoms with Crippen LogP contribution in [0.5, 0.6) is 11.5 Å². The molecule has 1 amide bonds. The summed E-state index contributed by atoms with van der Waals surface area (Å²) in [5, 5.41) is 4.43. The summed E-state index contributed by atoms with van der Waals surface area (Å²) in [5.74, 6) is 1.77. The summed E-state index contributed by atoms with van der Waals surface area (Å²) in [6.07, 6.45) is 0.569. The van der Waals surface area contributed by atoms with E-state index in [4.69, 9.17) is 21.1 Å². The zero-order valence-electron chi connectivity index (χ0n) is 18.5. The van der Waals surface area contributed by atoms with Crippen LogP contribution >= 0.6 is 23.4 Å². The SMILES string of the molecule is CC(C)CCn1c(SCC(=O)NCC2COc3ccccc3O2)nc2cc(Cl)ccc2c1=O. The fraction of sp³-hybridized carbons (Fsp3) is 0.375. The Labute approximate surface area is 201 Å². The third-order valence-corrected chi connectivity index (χ3v) is 6.45. The lowest BCUT2D eigenvalue weighted by molar-refractivity contribution is -0.119. The lowest BCUT2D eigenvalue weighted by Crippen LogP contribution is -2.41. The molecule has 3 aromatic rings. The van der Waals surface area contributed by atoms with Crippen molar-refractivity contribution in [2.45, 2.75) is 38.1 Å². The number of nitrogens with one attached hydrogen (secondary N) is 1. The maximum absolute atomic E-state index is 13.1. The van der Waals surface area contributed by atoms with E-state index < -0.39 is 0 Å². The van der Waals surface area contributed by atoms with Gasteiger partial charge in [-0.25, -0.2) is 4.98 Å². The van der Waals surface area contributed by atoms with Gasteiger partial charge in [0.2, 0.25) is 5.91 Å². The molecule has 1 aliphatic heterocycles. The van der Waals surface area contributed by atoms with Crippen LogP contribution in [0.3, 0.4) is 0 Å². The van der Waals surface area contributed by atoms with Crippen LogP contribution in [0.25, 0.3) is 10.9 Å². The molecule has 1 aliphatic rings. The van der Waals surface area contributed by atoms with Crippen LogP contribution < -0.4 is 20.3 Å². The third-order valence-electron chi connectivity index (χ3n) is 5.24. The number of benzene rings is 2. The Morgan fingerprint density at radius 3 is 2.85 bits per heavy atom. The van der Waals surface area contributed by atoms with E-state index in [1.54, 1.807) is 22.8 Å². The number of hydrogen-bond acceptors (Lipinski definition) is 6. The molecule has 0 spiro atoms. The summed E-state index contributed by atoms with van der Waals surface area (Å²) in [5.41, 5.74) is 0.411. The first kappa shape index (κ1) is 23.4. The number of rotatable bonds is 8. The van der Waals surface area contributed by atoms with Crippen LogP contribution in [0.2, 0.25) is 5.02 Å². The molecule has 0 saturated heterocycles. The monoisotopic (exact) mass is 487 g/mol. The Hall–Kier alpha value is -2.71. The second-order valence-corrected chi connectivity index (χ2v) is 9.66. The van der Waals surface area contributed by atoms with Gasteiger partial charge in [0.15, 0.2) is 16.7 Å². The molecule has 2 heterocycles. The molecule has 4 rings (SSSR count). The van der Waals surface area contributed by atoms with E-state index in [2.05, 4.69) is 24.1 Å². The lowest BCUT2D eigenvalue weighted by atomic mass is 10.1. The van der Waals surface area contributed by atoms with Gasteiger partial charge in [-0.2, -0.15) is 0 Å². The van der Waals surface area contributed by atoms with E-state index in [0.717, 1.165) is 6.42 Å². The number of ether oxygens (including phenoxy) is 2. The molecule has 0 bridgehead atoms. The molecule has 1 aromatic heterocycles. The van der Waals surface area contributed by atoms with Crippen molar-refractivity contribution in [3.63, 3.8) is 0 Å². The van der Waals surface area contributed by atoms with E-state index in [1.807, 2.05) is 24.3 Å². The van der Waals surface area contributed by atoms with Crippen molar-refractivity contribution < 1.29 is 14.3 Å². The molecule has 0 radical (unpaired) electrons. The lowest BCUT2D eigenvalue weighted by Gasteiger charge is -2.26. The Bertz CT molecular complexity index is 1210. The topological polar surface area (TPSA) is 82.5 Å². The van der Waals surface area contributed by atoms with Crippen molar-refractivity contribution in [1.82, 2.24) is 14.9 Å². The van der Waals surface area contributed by atoms with E-state index in [-0.39, 0.29) is 23.3 Å². The number of para-hydroxylation sites is 2. The minimum Gasteiger partial charge on any atom is -0.486 e. The average molecular weight is 488 g/mol. The Morgan fingerprint density at radius 2 is 2.06 bits per heavy atom. The highest BCUT2D eigenvalue weighted by Gasteiger charge is 2.21. The standard InChI is InChI=1S/C24H26ClN3O4S/c1-15(2)9-10-28-23(30)18-8-7-16(25)11-19(18)27-24(28)33-14-22(29)26-12-17-13-31-20-5-3-4-6-21(20)32-17/h3-8,11,15,17H,9-10,12-14H2,1-2H3,(H,26,29). The van der Waals surface area contributed by atoms with Gasteiger partial charge in [-0.05, 0) is 42.7 Å². The molecule has 9 heteroatoms. The smallest absolute Gasteiger partial charge is 0.262 e. The molecule has 0 saturated carbocycles. The average Bonchev–Trinajstić information content (AvgIpc) is 2.80. The largest absolute Gasteiger partial charge is 0.486 e. The number of thioether (sulfide) groups is 1. The summed E-state index contributed by atoms with van der Waals surface area (Å²) in [6, 6.07) is 12.5. The van der Waals surface area contributed by atoms with Gasteiger partial charge < -0.3 is 14.8 Å². The number of aromatic nitrogens is 2. The number of fused-ring (bicyclic) bond motifs is 2. The predicted molar refractivity (Wildman–Crippen MR) is 131 cm³/mol. The summed E-state index contributed by atoms with van der Waals surface area (Å²) < 4.78 is 13.2. The van der Waals surface area contributed by atoms with E-state index in [0.29, 0.717) is 58.2 Å². The van der Waals surface area contributed by atoms with E-state index in [1.165, 1.54) is 11.8 Å². The summed E-state index contributed by atoms with van der Waals surface area (Å²) >= 11 is 7.34. The van der Waals surface area contributed by atoms with Gasteiger partial charge in [-0.1, -0.05) is 49.3 Å². The minimum absolute atomic E-state index is 0.119. The van der Waals surface area contributed by atoms with Gasteiger partial charge >= 0.3 is 0 Å². The number of nitrogens with zero attached hydrogens (tertiary/aromatic N) is 2. The van der Waals surface area contributed by atoms with Crippen LogP contribution in [0, 0.1) is 5.92 Å². The quantitative estimate of drug-likeness (QED) is 0.380. The zero-order chi connectivity index (χ0) is 23.4. The molecular weight excluding hydrogens is 462 g/mol. The van der Waals surface area contributed by atoms with Crippen LogP contribution in [-0.2, 0) is 11.3 Å². The molecule has 0 aliphatic carbocycles. The number of hydrogen-bond donors (Lipinski definition) is 1. The molecule has 174 valence electrons. The first-order valence-corrected chi connectivity index (χ1v) is 12.2. The molecule has 7 nitrogen and oxygen atoms in total. The van der Waals surface area contributed by atoms with Crippen molar-refractivity contribution in [2.24, 2.45) is 5.92 Å². The molecular formula is C24H26ClN3O4S. The second-order valence-electron chi connectivity index (χ2n) is 8.29. The van der Waals surface area contributed by atoms with Gasteiger partial charge in [0.25, 0.3) is 5.56 Å². The highest BCUT2D eigenvalue weighted by atomic mass is 35.5.